The third kappa shape index (κ3) is 4.33. The summed E-state index contributed by atoms with van der Waals surface area (Å²) in [4.78, 5) is 22.6. The molecule has 0 N–H and O–H groups in total. The first kappa shape index (κ1) is 18.0. The minimum atomic E-state index is -1.60. The summed E-state index contributed by atoms with van der Waals surface area (Å²) in [7, 11) is -1.60. The second kappa shape index (κ2) is 7.45. The number of carbonyl (C=O) groups excluding carboxylic acids is 1. The Labute approximate surface area is 140 Å². The van der Waals surface area contributed by atoms with Crippen LogP contribution in [0.25, 0.3) is 0 Å². The van der Waals surface area contributed by atoms with E-state index in [0.717, 1.165) is 18.9 Å². The topological polar surface area (TPSA) is 35.5 Å². The van der Waals surface area contributed by atoms with Crippen LogP contribution in [-0.2, 0) is 9.78 Å². The number of benzene rings is 1. The van der Waals surface area contributed by atoms with Crippen molar-refractivity contribution in [2.45, 2.75) is 46.2 Å². The van der Waals surface area contributed by atoms with E-state index in [9.17, 15) is 4.79 Å². The summed E-state index contributed by atoms with van der Waals surface area (Å²) in [6.07, 6.45) is 4.05. The maximum absolute atomic E-state index is 12.1. The van der Waals surface area contributed by atoms with Gasteiger partial charge in [0.15, 0.2) is 6.10 Å². The van der Waals surface area contributed by atoms with E-state index in [1.807, 2.05) is 17.8 Å². The lowest BCUT2D eigenvalue weighted by Gasteiger charge is -2.31. The highest BCUT2D eigenvalue weighted by Gasteiger charge is 2.31. The van der Waals surface area contributed by atoms with Gasteiger partial charge in [0.2, 0.25) is 0 Å². The number of carbonyl (C=O) groups is 1. The number of hydrogen-bond acceptors (Lipinski definition) is 3. The van der Waals surface area contributed by atoms with Gasteiger partial charge in [-0.05, 0) is 30.4 Å². The van der Waals surface area contributed by atoms with Crippen LogP contribution >= 0.6 is 0 Å². The quantitative estimate of drug-likeness (QED) is 0.456. The van der Waals surface area contributed by atoms with Crippen LogP contribution in [0.1, 0.15) is 43.5 Å². The zero-order valence-electron chi connectivity index (χ0n) is 14.6. The van der Waals surface area contributed by atoms with E-state index in [4.69, 9.17) is 9.78 Å². The lowest BCUT2D eigenvalue weighted by Crippen LogP contribution is -2.39. The Morgan fingerprint density at radius 2 is 1.91 bits per heavy atom. The maximum Gasteiger partial charge on any atom is 0.373 e. The smallest absolute Gasteiger partial charge is 0.292 e. The molecule has 1 radical (unpaired) electrons. The summed E-state index contributed by atoms with van der Waals surface area (Å²) in [5.74, 6) is 0.466. The predicted molar refractivity (Wildman–Crippen MR) is 95.7 cm³/mol. The van der Waals surface area contributed by atoms with E-state index in [1.54, 1.807) is 12.1 Å². The average molecular weight is 332 g/mol. The van der Waals surface area contributed by atoms with Gasteiger partial charge >= 0.3 is 5.97 Å². The van der Waals surface area contributed by atoms with E-state index in [0.29, 0.717) is 17.4 Å². The van der Waals surface area contributed by atoms with Crippen LogP contribution in [0.4, 0.5) is 0 Å². The second-order valence-corrected chi connectivity index (χ2v) is 11.5. The molecule has 0 bridgehead atoms. The molecule has 2 rings (SSSR count). The molecule has 1 aromatic rings. The lowest BCUT2D eigenvalue weighted by atomic mass is 9.80. The fourth-order valence-corrected chi connectivity index (χ4v) is 4.07. The van der Waals surface area contributed by atoms with Crippen LogP contribution in [0.15, 0.2) is 36.5 Å². The predicted octanol–water partition coefficient (Wildman–Crippen LogP) is 4.40. The molecule has 1 aromatic carbocycles. The van der Waals surface area contributed by atoms with Gasteiger partial charge in [-0.1, -0.05) is 62.8 Å². The van der Waals surface area contributed by atoms with Gasteiger partial charge in [-0.2, -0.15) is 4.89 Å². The summed E-state index contributed by atoms with van der Waals surface area (Å²) in [6.45, 7) is 12.7. The third-order valence-corrected chi connectivity index (χ3v) is 7.89. The van der Waals surface area contributed by atoms with Gasteiger partial charge in [0.05, 0.1) is 5.56 Å². The fraction of sp³-hybridized carbons (Fsp3) is 0.474. The zero-order chi connectivity index (χ0) is 17.0. The maximum atomic E-state index is 12.1. The molecule has 0 heterocycles. The highest BCUT2D eigenvalue weighted by molar-refractivity contribution is 6.93. The molecule has 0 amide bonds. The van der Waals surface area contributed by atoms with Gasteiger partial charge in [0.25, 0.3) is 0 Å². The third-order valence-electron chi connectivity index (χ3n) is 5.04. The van der Waals surface area contributed by atoms with Crippen LogP contribution < -0.4 is 5.19 Å². The van der Waals surface area contributed by atoms with Crippen molar-refractivity contribution in [2.24, 2.45) is 11.8 Å². The molecular weight excluding hydrogens is 304 g/mol. The van der Waals surface area contributed by atoms with Crippen molar-refractivity contribution in [1.29, 1.82) is 0 Å². The summed E-state index contributed by atoms with van der Waals surface area (Å²) in [5.41, 5.74) is 2.55. The molecule has 2 atom stereocenters. The number of hydrogen-bond donors (Lipinski definition) is 0. The van der Waals surface area contributed by atoms with Crippen molar-refractivity contribution >= 4 is 19.2 Å². The van der Waals surface area contributed by atoms with Gasteiger partial charge in [0, 0.05) is 0 Å². The molecule has 1 fully saturated rings. The normalized spacial score (nSPS) is 22.6. The highest BCUT2D eigenvalue weighted by Crippen LogP contribution is 2.36. The van der Waals surface area contributed by atoms with Crippen molar-refractivity contribution in [3.8, 4) is 0 Å². The first-order chi connectivity index (χ1) is 10.8. The average Bonchev–Trinajstić information content (AvgIpc) is 2.56. The van der Waals surface area contributed by atoms with Gasteiger partial charge in [-0.15, -0.1) is 6.58 Å². The minimum Gasteiger partial charge on any atom is -0.292 e. The van der Waals surface area contributed by atoms with Crippen LogP contribution in [-0.4, -0.2) is 14.0 Å². The monoisotopic (exact) mass is 331 g/mol. The van der Waals surface area contributed by atoms with Gasteiger partial charge in [0.1, 0.15) is 8.07 Å². The van der Waals surface area contributed by atoms with Crippen molar-refractivity contribution in [3.05, 3.63) is 48.2 Å². The molecule has 0 aromatic heterocycles. The van der Waals surface area contributed by atoms with Gasteiger partial charge in [-0.25, -0.2) is 4.79 Å². The molecule has 1 aliphatic rings. The fourth-order valence-electron chi connectivity index (χ4n) is 2.80. The Balaban J connectivity index is 1.94. The van der Waals surface area contributed by atoms with E-state index >= 15 is 0 Å². The molecule has 125 valence electrons. The molecule has 3 nitrogen and oxygen atoms in total. The van der Waals surface area contributed by atoms with Crippen molar-refractivity contribution in [1.82, 2.24) is 0 Å². The molecule has 4 heteroatoms. The van der Waals surface area contributed by atoms with Crippen LogP contribution in [0.3, 0.4) is 0 Å². The van der Waals surface area contributed by atoms with E-state index in [2.05, 4.69) is 33.5 Å². The summed E-state index contributed by atoms with van der Waals surface area (Å²) in [5, 5.41) is 1.24. The highest BCUT2D eigenvalue weighted by atomic mass is 28.3. The first-order valence-electron chi connectivity index (χ1n) is 8.34. The van der Waals surface area contributed by atoms with E-state index in [-0.39, 0.29) is 0 Å². The molecule has 1 saturated carbocycles. The molecule has 1 aliphatic carbocycles. The standard InChI is InChI=1S/C19H27O3Si/c1-6-23(4,5)17-12-10-16(11-13-17)19(20)22-21-18-9-7-8-14(2)15(18)3/h6,10-15H,1,7-9H2,2-5H3. The Hall–Kier alpha value is -1.39. The van der Waals surface area contributed by atoms with E-state index in [1.165, 1.54) is 11.6 Å². The number of rotatable bonds is 5. The second-order valence-electron chi connectivity index (χ2n) is 7.08. The summed E-state index contributed by atoms with van der Waals surface area (Å²) >= 11 is 0. The Morgan fingerprint density at radius 1 is 1.26 bits per heavy atom. The van der Waals surface area contributed by atoms with Crippen molar-refractivity contribution in [3.63, 3.8) is 0 Å². The molecule has 0 saturated heterocycles. The summed E-state index contributed by atoms with van der Waals surface area (Å²) in [6, 6.07) is 7.58. The SMILES string of the molecule is C=C[Si](C)(C)c1ccc(C(=O)OO[C]2CCCC(C)C2C)cc1. The van der Waals surface area contributed by atoms with Gasteiger partial charge in [-0.3, -0.25) is 4.89 Å². The minimum absolute atomic E-state index is 0.332. The van der Waals surface area contributed by atoms with Crippen LogP contribution in [0.5, 0.6) is 0 Å². The molecular formula is C19H27O3Si. The largest absolute Gasteiger partial charge is 0.373 e. The Kier molecular flexibility index (Phi) is 5.82. The van der Waals surface area contributed by atoms with Crippen LogP contribution in [0, 0.1) is 17.9 Å². The summed E-state index contributed by atoms with van der Waals surface area (Å²) < 4.78 is 0. The van der Waals surface area contributed by atoms with Gasteiger partial charge < -0.3 is 0 Å². The van der Waals surface area contributed by atoms with Crippen molar-refractivity contribution in [2.75, 3.05) is 0 Å². The Bertz CT molecular complexity index is 550. The Morgan fingerprint density at radius 3 is 2.52 bits per heavy atom. The zero-order valence-corrected chi connectivity index (χ0v) is 15.6. The van der Waals surface area contributed by atoms with Crippen LogP contribution in [0.2, 0.25) is 13.1 Å². The van der Waals surface area contributed by atoms with Crippen molar-refractivity contribution < 1.29 is 14.6 Å². The molecule has 0 spiro atoms. The molecule has 2 unspecified atom stereocenters. The first-order valence-corrected chi connectivity index (χ1v) is 11.4. The lowest BCUT2D eigenvalue weighted by molar-refractivity contribution is -0.248. The molecule has 0 aliphatic heterocycles. The van der Waals surface area contributed by atoms with E-state index < -0.39 is 14.0 Å². The molecule has 23 heavy (non-hydrogen) atoms.